The molecule has 1 unspecified atom stereocenters. The van der Waals surface area contributed by atoms with Crippen LogP contribution < -0.4 is 0 Å². The predicted molar refractivity (Wildman–Crippen MR) is 60.6 cm³/mol. The Kier molecular flexibility index (Phi) is 4.12. The monoisotopic (exact) mass is 296 g/mol. The van der Waals surface area contributed by atoms with Gasteiger partial charge in [-0.1, -0.05) is 17.7 Å². The van der Waals surface area contributed by atoms with Gasteiger partial charge in [-0.2, -0.15) is 0 Å². The number of halogens is 3. The first-order valence-electron chi connectivity index (χ1n) is 4.25. The van der Waals surface area contributed by atoms with Crippen molar-refractivity contribution in [1.29, 1.82) is 0 Å². The molecule has 0 aromatic heterocycles. The molecule has 0 aliphatic carbocycles. The molecular weight excluding hydrogens is 286 g/mol. The number of rotatable bonds is 3. The van der Waals surface area contributed by atoms with Gasteiger partial charge in [0.05, 0.1) is 11.6 Å². The molecule has 5 heteroatoms. The minimum atomic E-state index is -1.39. The molecule has 1 aromatic rings. The summed E-state index contributed by atoms with van der Waals surface area (Å²) in [7, 11) is 1.44. The van der Waals surface area contributed by atoms with Crippen LogP contribution in [-0.4, -0.2) is 18.8 Å². The molecule has 0 aliphatic rings. The first-order chi connectivity index (χ1) is 6.90. The molecule has 0 amide bonds. The van der Waals surface area contributed by atoms with E-state index in [1.807, 2.05) is 0 Å². The van der Waals surface area contributed by atoms with Crippen LogP contribution in [-0.2, 0) is 10.3 Å². The second kappa shape index (κ2) is 4.78. The summed E-state index contributed by atoms with van der Waals surface area (Å²) in [6, 6.07) is 3.06. The number of hydrogen-bond acceptors (Lipinski definition) is 2. The van der Waals surface area contributed by atoms with Crippen molar-refractivity contribution in [3.63, 3.8) is 0 Å². The van der Waals surface area contributed by atoms with Crippen LogP contribution in [0.25, 0.3) is 0 Å². The summed E-state index contributed by atoms with van der Waals surface area (Å²) in [4.78, 5) is 0. The molecule has 0 aliphatic heterocycles. The number of ether oxygens (including phenoxy) is 1. The van der Waals surface area contributed by atoms with Crippen LogP contribution in [0.4, 0.5) is 4.39 Å². The number of aliphatic hydroxyl groups is 1. The highest BCUT2D eigenvalue weighted by molar-refractivity contribution is 9.10. The van der Waals surface area contributed by atoms with Gasteiger partial charge >= 0.3 is 0 Å². The van der Waals surface area contributed by atoms with Crippen molar-refractivity contribution >= 4 is 27.5 Å². The second-order valence-corrected chi connectivity index (χ2v) is 4.66. The number of hydrogen-bond donors (Lipinski definition) is 1. The molecule has 15 heavy (non-hydrogen) atoms. The Morgan fingerprint density at radius 2 is 2.20 bits per heavy atom. The molecule has 1 N–H and O–H groups in total. The molecule has 0 heterocycles. The van der Waals surface area contributed by atoms with Crippen molar-refractivity contribution in [2.75, 3.05) is 13.7 Å². The van der Waals surface area contributed by atoms with Crippen LogP contribution in [0, 0.1) is 5.82 Å². The van der Waals surface area contributed by atoms with E-state index in [-0.39, 0.29) is 17.2 Å². The zero-order chi connectivity index (χ0) is 11.6. The fraction of sp³-hybridized carbons (Fsp3) is 0.400. The van der Waals surface area contributed by atoms with Gasteiger partial charge < -0.3 is 9.84 Å². The maximum Gasteiger partial charge on any atom is 0.149 e. The van der Waals surface area contributed by atoms with Crippen molar-refractivity contribution in [2.24, 2.45) is 0 Å². The average molecular weight is 298 g/mol. The molecule has 0 bridgehead atoms. The standard InChI is InChI=1S/C10H11BrClFO2/c1-10(14,5-15-2)6-3-4-7(11)8(12)9(6)13/h3-4,14H,5H2,1-2H3. The van der Waals surface area contributed by atoms with Gasteiger partial charge in [-0.25, -0.2) is 4.39 Å². The maximum absolute atomic E-state index is 13.7. The fourth-order valence-corrected chi connectivity index (χ4v) is 1.77. The van der Waals surface area contributed by atoms with Gasteiger partial charge in [-0.05, 0) is 28.9 Å². The Morgan fingerprint density at radius 3 is 2.73 bits per heavy atom. The average Bonchev–Trinajstić information content (AvgIpc) is 2.13. The molecule has 1 aromatic carbocycles. The van der Waals surface area contributed by atoms with E-state index in [0.717, 1.165) is 0 Å². The Hall–Kier alpha value is -0.160. The largest absolute Gasteiger partial charge is 0.383 e. The van der Waals surface area contributed by atoms with E-state index < -0.39 is 11.4 Å². The first kappa shape index (κ1) is 12.9. The third-order valence-corrected chi connectivity index (χ3v) is 3.30. The smallest absolute Gasteiger partial charge is 0.149 e. The summed E-state index contributed by atoms with van der Waals surface area (Å²) < 4.78 is 19.0. The molecule has 0 saturated heterocycles. The summed E-state index contributed by atoms with van der Waals surface area (Å²) in [6.07, 6.45) is 0. The third-order valence-electron chi connectivity index (χ3n) is 2.04. The summed E-state index contributed by atoms with van der Waals surface area (Å²) in [6.45, 7) is 1.47. The van der Waals surface area contributed by atoms with Crippen LogP contribution in [0.2, 0.25) is 5.02 Å². The summed E-state index contributed by atoms with van der Waals surface area (Å²) >= 11 is 8.82. The van der Waals surface area contributed by atoms with Crippen LogP contribution in [0.1, 0.15) is 12.5 Å². The number of benzene rings is 1. The lowest BCUT2D eigenvalue weighted by Gasteiger charge is -2.23. The Morgan fingerprint density at radius 1 is 1.60 bits per heavy atom. The summed E-state index contributed by atoms with van der Waals surface area (Å²) in [5, 5.41) is 9.90. The second-order valence-electron chi connectivity index (χ2n) is 3.43. The highest BCUT2D eigenvalue weighted by Gasteiger charge is 2.28. The highest BCUT2D eigenvalue weighted by atomic mass is 79.9. The fourth-order valence-electron chi connectivity index (χ4n) is 1.30. The lowest BCUT2D eigenvalue weighted by Crippen LogP contribution is -2.28. The topological polar surface area (TPSA) is 29.5 Å². The van der Waals surface area contributed by atoms with Gasteiger partial charge in [0.25, 0.3) is 0 Å². The maximum atomic E-state index is 13.7. The molecule has 0 radical (unpaired) electrons. The Balaban J connectivity index is 3.21. The normalized spacial score (nSPS) is 15.1. The van der Waals surface area contributed by atoms with Gasteiger partial charge in [0.1, 0.15) is 11.4 Å². The van der Waals surface area contributed by atoms with E-state index in [9.17, 15) is 9.50 Å². The van der Waals surface area contributed by atoms with Gasteiger partial charge in [-0.3, -0.25) is 0 Å². The number of methoxy groups -OCH3 is 1. The Bertz CT molecular complexity index is 369. The third kappa shape index (κ3) is 2.69. The van der Waals surface area contributed by atoms with E-state index in [4.69, 9.17) is 16.3 Å². The van der Waals surface area contributed by atoms with E-state index in [1.165, 1.54) is 20.1 Å². The van der Waals surface area contributed by atoms with Gasteiger partial charge in [0, 0.05) is 17.1 Å². The van der Waals surface area contributed by atoms with Crippen LogP contribution in [0.3, 0.4) is 0 Å². The minimum absolute atomic E-state index is 0.00187. The van der Waals surface area contributed by atoms with Gasteiger partial charge in [0.15, 0.2) is 0 Å². The quantitative estimate of drug-likeness (QED) is 0.869. The molecular formula is C10H11BrClFO2. The molecule has 2 nitrogen and oxygen atoms in total. The van der Waals surface area contributed by atoms with Crippen molar-refractivity contribution in [2.45, 2.75) is 12.5 Å². The molecule has 0 spiro atoms. The molecule has 0 saturated carbocycles. The van der Waals surface area contributed by atoms with E-state index >= 15 is 0 Å². The SMILES string of the molecule is COCC(C)(O)c1ccc(Br)c(Cl)c1F. The summed E-state index contributed by atoms with van der Waals surface area (Å²) in [5.41, 5.74) is -1.26. The lowest BCUT2D eigenvalue weighted by molar-refractivity contribution is -0.0232. The van der Waals surface area contributed by atoms with Gasteiger partial charge in [0.2, 0.25) is 0 Å². The highest BCUT2D eigenvalue weighted by Crippen LogP contribution is 2.32. The van der Waals surface area contributed by atoms with Crippen molar-refractivity contribution in [1.82, 2.24) is 0 Å². The van der Waals surface area contributed by atoms with E-state index in [1.54, 1.807) is 6.07 Å². The van der Waals surface area contributed by atoms with Gasteiger partial charge in [-0.15, -0.1) is 0 Å². The molecule has 1 rings (SSSR count). The van der Waals surface area contributed by atoms with Crippen LogP contribution in [0.15, 0.2) is 16.6 Å². The molecule has 0 fully saturated rings. The van der Waals surface area contributed by atoms with Crippen molar-refractivity contribution < 1.29 is 14.2 Å². The predicted octanol–water partition coefficient (Wildman–Crippen LogP) is 3.10. The van der Waals surface area contributed by atoms with E-state index in [2.05, 4.69) is 15.9 Å². The zero-order valence-electron chi connectivity index (χ0n) is 8.35. The lowest BCUT2D eigenvalue weighted by atomic mass is 9.96. The zero-order valence-corrected chi connectivity index (χ0v) is 10.7. The first-order valence-corrected chi connectivity index (χ1v) is 5.42. The summed E-state index contributed by atoms with van der Waals surface area (Å²) in [5.74, 6) is -0.631. The Labute approximate surface area is 101 Å². The van der Waals surface area contributed by atoms with Crippen molar-refractivity contribution in [3.05, 3.63) is 33.0 Å². The van der Waals surface area contributed by atoms with E-state index in [0.29, 0.717) is 4.47 Å². The minimum Gasteiger partial charge on any atom is -0.383 e. The molecule has 84 valence electrons. The van der Waals surface area contributed by atoms with Crippen LogP contribution in [0.5, 0.6) is 0 Å². The molecule has 1 atom stereocenters. The van der Waals surface area contributed by atoms with Crippen molar-refractivity contribution in [3.8, 4) is 0 Å². The van der Waals surface area contributed by atoms with Crippen LogP contribution >= 0.6 is 27.5 Å².